The van der Waals surface area contributed by atoms with Crippen LogP contribution < -0.4 is 10.6 Å². The van der Waals surface area contributed by atoms with E-state index in [1.54, 1.807) is 26.0 Å². The van der Waals surface area contributed by atoms with Gasteiger partial charge in [-0.25, -0.2) is 0 Å². The van der Waals surface area contributed by atoms with Crippen LogP contribution in [0, 0.1) is 13.8 Å². The van der Waals surface area contributed by atoms with Crippen molar-refractivity contribution in [3.05, 3.63) is 46.5 Å². The van der Waals surface area contributed by atoms with Gasteiger partial charge >= 0.3 is 11.8 Å². The van der Waals surface area contributed by atoms with E-state index < -0.39 is 11.8 Å². The Balaban J connectivity index is 2.24. The summed E-state index contributed by atoms with van der Waals surface area (Å²) in [6.45, 7) is 7.31. The lowest BCUT2D eigenvalue weighted by molar-refractivity contribution is -0.133. The maximum atomic E-state index is 12.4. The summed E-state index contributed by atoms with van der Waals surface area (Å²) in [6.07, 6.45) is 1.20. The second kappa shape index (κ2) is 7.91. The molecule has 0 saturated heterocycles. The summed E-state index contributed by atoms with van der Waals surface area (Å²) in [5.41, 5.74) is 3.92. The molecule has 2 aromatic carbocycles. The molecule has 2 aromatic rings. The number of hydrogen-bond acceptors (Lipinski definition) is 4. The number of nitrogens with one attached hydrogen (secondary N) is 2. The largest absolute Gasteiger partial charge is 0.508 e. The molecule has 2 amide bonds. The van der Waals surface area contributed by atoms with Crippen molar-refractivity contribution in [3.63, 3.8) is 0 Å². The minimum atomic E-state index is -0.789. The minimum absolute atomic E-state index is 0.120. The van der Waals surface area contributed by atoms with Crippen LogP contribution in [0.2, 0.25) is 0 Å². The van der Waals surface area contributed by atoms with Gasteiger partial charge in [0.25, 0.3) is 0 Å². The van der Waals surface area contributed by atoms with Crippen molar-refractivity contribution in [3.8, 4) is 11.5 Å². The number of carbonyl (C=O) groups excluding carboxylic acids is 2. The second-order valence-electron chi connectivity index (χ2n) is 6.21. The third-order valence-corrected chi connectivity index (χ3v) is 4.25. The molecule has 0 aliphatic rings. The first kappa shape index (κ1) is 19.3. The lowest BCUT2D eigenvalue weighted by Crippen LogP contribution is -2.30. The summed E-state index contributed by atoms with van der Waals surface area (Å²) < 4.78 is 0. The number of phenolic OH excluding ortho intramolecular Hbond substituents is 2. The van der Waals surface area contributed by atoms with Crippen molar-refractivity contribution >= 4 is 23.2 Å². The normalized spacial score (nSPS) is 10.5. The number of amides is 2. The standard InChI is InChI=1S/C20H24N2O4/c1-5-13-9-15(23)7-11(3)17(13)21-19(25)20(26)22-18-12(4)8-16(24)10-14(18)6-2/h7-10,23-24H,5-6H2,1-4H3,(H,21,25)(H,22,26). The summed E-state index contributed by atoms with van der Waals surface area (Å²) in [4.78, 5) is 24.7. The fraction of sp³-hybridized carbons (Fsp3) is 0.300. The van der Waals surface area contributed by atoms with Gasteiger partial charge in [-0.1, -0.05) is 13.8 Å². The van der Waals surface area contributed by atoms with Gasteiger partial charge in [0.05, 0.1) is 0 Å². The van der Waals surface area contributed by atoms with Crippen molar-refractivity contribution in [2.45, 2.75) is 40.5 Å². The SMILES string of the molecule is CCc1cc(O)cc(C)c1NC(=O)C(=O)Nc1c(C)cc(O)cc1CC. The third-order valence-electron chi connectivity index (χ3n) is 4.25. The van der Waals surface area contributed by atoms with Gasteiger partial charge in [0.15, 0.2) is 0 Å². The Bertz CT molecular complexity index is 788. The van der Waals surface area contributed by atoms with Crippen molar-refractivity contribution < 1.29 is 19.8 Å². The van der Waals surface area contributed by atoms with E-state index in [0.717, 1.165) is 11.1 Å². The molecule has 6 nitrogen and oxygen atoms in total. The van der Waals surface area contributed by atoms with Gasteiger partial charge in [-0.2, -0.15) is 0 Å². The number of aromatic hydroxyl groups is 2. The average Bonchev–Trinajstić information content (AvgIpc) is 2.58. The number of aryl methyl sites for hydroxylation is 4. The molecule has 0 fully saturated rings. The van der Waals surface area contributed by atoms with Gasteiger partial charge in [0.2, 0.25) is 0 Å². The van der Waals surface area contributed by atoms with Gasteiger partial charge in [-0.3, -0.25) is 9.59 Å². The molecule has 0 atom stereocenters. The Labute approximate surface area is 152 Å². The number of benzene rings is 2. The minimum Gasteiger partial charge on any atom is -0.508 e. The van der Waals surface area contributed by atoms with Crippen LogP contribution in [0.1, 0.15) is 36.1 Å². The Morgan fingerprint density at radius 3 is 1.42 bits per heavy atom. The first-order valence-electron chi connectivity index (χ1n) is 8.54. The zero-order valence-corrected chi connectivity index (χ0v) is 15.4. The zero-order valence-electron chi connectivity index (χ0n) is 15.4. The van der Waals surface area contributed by atoms with Crippen molar-refractivity contribution in [1.82, 2.24) is 0 Å². The highest BCUT2D eigenvalue weighted by molar-refractivity contribution is 6.44. The van der Waals surface area contributed by atoms with Crippen LogP contribution in [0.4, 0.5) is 11.4 Å². The van der Waals surface area contributed by atoms with E-state index >= 15 is 0 Å². The fourth-order valence-corrected chi connectivity index (χ4v) is 2.94. The smallest absolute Gasteiger partial charge is 0.314 e. The molecule has 0 aliphatic carbocycles. The lowest BCUT2D eigenvalue weighted by atomic mass is 10.0. The quantitative estimate of drug-likeness (QED) is 0.498. The van der Waals surface area contributed by atoms with E-state index in [0.29, 0.717) is 35.3 Å². The first-order valence-corrected chi connectivity index (χ1v) is 8.54. The van der Waals surface area contributed by atoms with Crippen LogP contribution in [-0.4, -0.2) is 22.0 Å². The Morgan fingerprint density at radius 2 is 1.12 bits per heavy atom. The van der Waals surface area contributed by atoms with Gasteiger partial charge < -0.3 is 20.8 Å². The molecule has 6 heteroatoms. The molecule has 0 unspecified atom stereocenters. The van der Waals surface area contributed by atoms with Gasteiger partial charge in [-0.05, 0) is 73.2 Å². The van der Waals surface area contributed by atoms with Crippen LogP contribution in [0.25, 0.3) is 0 Å². The zero-order chi connectivity index (χ0) is 19.4. The van der Waals surface area contributed by atoms with Crippen molar-refractivity contribution in [2.75, 3.05) is 10.6 Å². The topological polar surface area (TPSA) is 98.7 Å². The molecule has 0 heterocycles. The highest BCUT2D eigenvalue weighted by Gasteiger charge is 2.19. The Hall–Kier alpha value is -3.02. The lowest BCUT2D eigenvalue weighted by Gasteiger charge is -2.16. The molecule has 4 N–H and O–H groups in total. The van der Waals surface area contributed by atoms with E-state index in [1.807, 2.05) is 13.8 Å². The first-order chi connectivity index (χ1) is 12.3. The predicted octanol–water partition coefficient (Wildman–Crippen LogP) is 3.42. The third kappa shape index (κ3) is 4.14. The molecule has 0 aliphatic heterocycles. The summed E-state index contributed by atoms with van der Waals surface area (Å²) in [5.74, 6) is -1.34. The molecule has 26 heavy (non-hydrogen) atoms. The maximum Gasteiger partial charge on any atom is 0.314 e. The Kier molecular flexibility index (Phi) is 5.87. The van der Waals surface area contributed by atoms with Gasteiger partial charge in [0.1, 0.15) is 11.5 Å². The molecule has 138 valence electrons. The van der Waals surface area contributed by atoms with Crippen LogP contribution in [-0.2, 0) is 22.4 Å². The fourth-order valence-electron chi connectivity index (χ4n) is 2.94. The van der Waals surface area contributed by atoms with Crippen LogP contribution in [0.15, 0.2) is 24.3 Å². The van der Waals surface area contributed by atoms with E-state index in [2.05, 4.69) is 10.6 Å². The van der Waals surface area contributed by atoms with Crippen LogP contribution >= 0.6 is 0 Å². The molecule has 0 radical (unpaired) electrons. The van der Waals surface area contributed by atoms with E-state index in [4.69, 9.17) is 0 Å². The van der Waals surface area contributed by atoms with Gasteiger partial charge in [-0.15, -0.1) is 0 Å². The molecule has 0 saturated carbocycles. The average molecular weight is 356 g/mol. The molecule has 0 aromatic heterocycles. The molecular formula is C20H24N2O4. The van der Waals surface area contributed by atoms with E-state index in [-0.39, 0.29) is 11.5 Å². The molecule has 0 bridgehead atoms. The van der Waals surface area contributed by atoms with E-state index in [9.17, 15) is 19.8 Å². The predicted molar refractivity (Wildman–Crippen MR) is 102 cm³/mol. The highest BCUT2D eigenvalue weighted by atomic mass is 16.3. The summed E-state index contributed by atoms with van der Waals surface area (Å²) in [5, 5.41) is 24.6. The monoisotopic (exact) mass is 356 g/mol. The van der Waals surface area contributed by atoms with Crippen LogP contribution in [0.3, 0.4) is 0 Å². The number of anilines is 2. The number of hydrogen-bond donors (Lipinski definition) is 4. The number of rotatable bonds is 4. The summed E-state index contributed by atoms with van der Waals surface area (Å²) >= 11 is 0. The van der Waals surface area contributed by atoms with Gasteiger partial charge in [0, 0.05) is 11.4 Å². The molecule has 2 rings (SSSR count). The summed E-state index contributed by atoms with van der Waals surface area (Å²) in [7, 11) is 0. The molecular weight excluding hydrogens is 332 g/mol. The highest BCUT2D eigenvalue weighted by Crippen LogP contribution is 2.28. The number of carbonyl (C=O) groups is 2. The van der Waals surface area contributed by atoms with Crippen molar-refractivity contribution in [2.24, 2.45) is 0 Å². The number of phenols is 2. The van der Waals surface area contributed by atoms with E-state index in [1.165, 1.54) is 12.1 Å². The maximum absolute atomic E-state index is 12.4. The summed E-state index contributed by atoms with van der Waals surface area (Å²) in [6, 6.07) is 6.21. The molecule has 0 spiro atoms. The van der Waals surface area contributed by atoms with Crippen LogP contribution in [0.5, 0.6) is 11.5 Å². The van der Waals surface area contributed by atoms with Crippen molar-refractivity contribution in [1.29, 1.82) is 0 Å². The second-order valence-corrected chi connectivity index (χ2v) is 6.21. The Morgan fingerprint density at radius 1 is 0.769 bits per heavy atom.